The lowest BCUT2D eigenvalue weighted by molar-refractivity contribution is 0.396. The molecule has 0 saturated carbocycles. The molecule has 2 heterocycles. The van der Waals surface area contributed by atoms with Gasteiger partial charge in [0.2, 0.25) is 0 Å². The van der Waals surface area contributed by atoms with Gasteiger partial charge in [-0.25, -0.2) is 0 Å². The van der Waals surface area contributed by atoms with E-state index in [2.05, 4.69) is 42.8 Å². The van der Waals surface area contributed by atoms with Gasteiger partial charge in [-0.1, -0.05) is 26.8 Å². The number of rotatable bonds is 3. The Morgan fingerprint density at radius 2 is 2.15 bits per heavy atom. The van der Waals surface area contributed by atoms with Crippen LogP contribution in [0.2, 0.25) is 0 Å². The molecular weight excluding hydrogens is 248 g/mol. The first-order valence-corrected chi connectivity index (χ1v) is 7.68. The van der Waals surface area contributed by atoms with E-state index in [1.807, 2.05) is 0 Å². The summed E-state index contributed by atoms with van der Waals surface area (Å²) in [7, 11) is 0. The molecule has 3 heteroatoms. The maximum atomic E-state index is 10.6. The van der Waals surface area contributed by atoms with Crippen LogP contribution in [0.5, 0.6) is 5.88 Å². The van der Waals surface area contributed by atoms with Crippen LogP contribution in [0.15, 0.2) is 12.1 Å². The highest BCUT2D eigenvalue weighted by molar-refractivity contribution is 5.94. The topological polar surface area (TPSA) is 37.2 Å². The molecule has 1 aliphatic rings. The molecule has 0 radical (unpaired) electrons. The molecule has 20 heavy (non-hydrogen) atoms. The SMILES string of the molecule is CCc1cc(CC(C)C)c2c(O)n3c(c2c1)CNCC3. The van der Waals surface area contributed by atoms with Gasteiger partial charge in [0.1, 0.15) is 0 Å². The Kier molecular flexibility index (Phi) is 3.47. The van der Waals surface area contributed by atoms with Crippen LogP contribution in [-0.2, 0) is 25.9 Å². The Morgan fingerprint density at radius 3 is 2.85 bits per heavy atom. The lowest BCUT2D eigenvalue weighted by Gasteiger charge is -2.17. The van der Waals surface area contributed by atoms with Crippen molar-refractivity contribution in [1.29, 1.82) is 0 Å². The third kappa shape index (κ3) is 2.10. The second-order valence-corrected chi connectivity index (χ2v) is 6.23. The van der Waals surface area contributed by atoms with Gasteiger partial charge in [-0.3, -0.25) is 0 Å². The molecule has 2 aromatic rings. The van der Waals surface area contributed by atoms with Gasteiger partial charge < -0.3 is 15.0 Å². The fourth-order valence-electron chi connectivity index (χ4n) is 3.30. The number of nitrogens with one attached hydrogen (secondary N) is 1. The molecule has 0 bridgehead atoms. The zero-order valence-electron chi connectivity index (χ0n) is 12.7. The van der Waals surface area contributed by atoms with Crippen molar-refractivity contribution in [3.63, 3.8) is 0 Å². The molecule has 0 unspecified atom stereocenters. The molecule has 0 amide bonds. The molecule has 1 aliphatic heterocycles. The predicted molar refractivity (Wildman–Crippen MR) is 83.2 cm³/mol. The monoisotopic (exact) mass is 272 g/mol. The Balaban J connectivity index is 2.28. The van der Waals surface area contributed by atoms with E-state index in [4.69, 9.17) is 0 Å². The van der Waals surface area contributed by atoms with Crippen LogP contribution in [0.4, 0.5) is 0 Å². The number of aromatic nitrogens is 1. The summed E-state index contributed by atoms with van der Waals surface area (Å²) in [6.07, 6.45) is 2.06. The first-order valence-electron chi connectivity index (χ1n) is 7.68. The van der Waals surface area contributed by atoms with Crippen molar-refractivity contribution in [2.24, 2.45) is 5.92 Å². The van der Waals surface area contributed by atoms with E-state index < -0.39 is 0 Å². The second kappa shape index (κ2) is 5.13. The third-order valence-corrected chi connectivity index (χ3v) is 4.24. The maximum Gasteiger partial charge on any atom is 0.199 e. The molecule has 1 aromatic heterocycles. The van der Waals surface area contributed by atoms with Crippen molar-refractivity contribution < 1.29 is 5.11 Å². The van der Waals surface area contributed by atoms with Crippen LogP contribution in [0, 0.1) is 5.92 Å². The normalized spacial score (nSPS) is 15.0. The lowest BCUT2D eigenvalue weighted by atomic mass is 9.95. The summed E-state index contributed by atoms with van der Waals surface area (Å²) in [5, 5.41) is 16.4. The molecule has 1 aromatic carbocycles. The number of nitrogens with zero attached hydrogens (tertiary/aromatic N) is 1. The molecule has 0 atom stereocenters. The Bertz CT molecular complexity index is 640. The molecule has 0 fully saturated rings. The standard InChI is InChI=1S/C17H24N2O/c1-4-12-8-13(7-11(2)3)16-14(9-12)15-10-18-5-6-19(15)17(16)20/h8-9,11,18,20H,4-7,10H2,1-3H3. The van der Waals surface area contributed by atoms with Crippen molar-refractivity contribution in [2.45, 2.75) is 46.7 Å². The second-order valence-electron chi connectivity index (χ2n) is 6.23. The van der Waals surface area contributed by atoms with Crippen LogP contribution in [0.25, 0.3) is 10.8 Å². The zero-order valence-corrected chi connectivity index (χ0v) is 12.7. The van der Waals surface area contributed by atoms with E-state index in [9.17, 15) is 5.11 Å². The maximum absolute atomic E-state index is 10.6. The third-order valence-electron chi connectivity index (χ3n) is 4.24. The summed E-state index contributed by atoms with van der Waals surface area (Å²) < 4.78 is 2.09. The van der Waals surface area contributed by atoms with Crippen LogP contribution >= 0.6 is 0 Å². The van der Waals surface area contributed by atoms with Gasteiger partial charge >= 0.3 is 0 Å². The Hall–Kier alpha value is -1.48. The summed E-state index contributed by atoms with van der Waals surface area (Å²) in [5.41, 5.74) is 3.91. The number of aromatic hydroxyl groups is 1. The summed E-state index contributed by atoms with van der Waals surface area (Å²) in [4.78, 5) is 0. The van der Waals surface area contributed by atoms with Crippen molar-refractivity contribution in [2.75, 3.05) is 6.54 Å². The molecule has 108 valence electrons. The number of fused-ring (bicyclic) bond motifs is 3. The molecule has 0 saturated heterocycles. The molecule has 0 spiro atoms. The van der Waals surface area contributed by atoms with Gasteiger partial charge in [-0.05, 0) is 36.0 Å². The highest BCUT2D eigenvalue weighted by Gasteiger charge is 2.21. The molecule has 0 aliphatic carbocycles. The molecule has 2 N–H and O–H groups in total. The van der Waals surface area contributed by atoms with E-state index in [0.29, 0.717) is 11.8 Å². The average molecular weight is 272 g/mol. The van der Waals surface area contributed by atoms with E-state index >= 15 is 0 Å². The fraction of sp³-hybridized carbons (Fsp3) is 0.529. The molecule has 3 nitrogen and oxygen atoms in total. The predicted octanol–water partition coefficient (Wildman–Crippen LogP) is 3.21. The molecular formula is C17H24N2O. The number of hydrogen-bond acceptors (Lipinski definition) is 2. The average Bonchev–Trinajstić information content (AvgIpc) is 2.72. The van der Waals surface area contributed by atoms with Crippen molar-refractivity contribution >= 4 is 10.8 Å². The van der Waals surface area contributed by atoms with E-state index in [1.54, 1.807) is 0 Å². The Morgan fingerprint density at radius 1 is 1.35 bits per heavy atom. The van der Waals surface area contributed by atoms with Gasteiger partial charge in [0.25, 0.3) is 0 Å². The lowest BCUT2D eigenvalue weighted by Crippen LogP contribution is -2.27. The van der Waals surface area contributed by atoms with Crippen LogP contribution in [-0.4, -0.2) is 16.2 Å². The summed E-state index contributed by atoms with van der Waals surface area (Å²) >= 11 is 0. The highest BCUT2D eigenvalue weighted by Crippen LogP contribution is 2.37. The first kappa shape index (κ1) is 13.5. The first-order chi connectivity index (χ1) is 9.61. The van der Waals surface area contributed by atoms with Crippen molar-refractivity contribution in [3.8, 4) is 5.88 Å². The van der Waals surface area contributed by atoms with Crippen LogP contribution in [0.1, 0.15) is 37.6 Å². The number of hydrogen-bond donors (Lipinski definition) is 2. The van der Waals surface area contributed by atoms with Gasteiger partial charge in [0.05, 0.1) is 0 Å². The van der Waals surface area contributed by atoms with Crippen LogP contribution < -0.4 is 5.32 Å². The van der Waals surface area contributed by atoms with E-state index in [-0.39, 0.29) is 0 Å². The van der Waals surface area contributed by atoms with Crippen LogP contribution in [0.3, 0.4) is 0 Å². The van der Waals surface area contributed by atoms with E-state index in [1.165, 1.54) is 22.2 Å². The zero-order chi connectivity index (χ0) is 14.3. The van der Waals surface area contributed by atoms with Gasteiger partial charge in [-0.2, -0.15) is 0 Å². The van der Waals surface area contributed by atoms with Crippen molar-refractivity contribution in [1.82, 2.24) is 9.88 Å². The smallest absolute Gasteiger partial charge is 0.199 e. The van der Waals surface area contributed by atoms with Gasteiger partial charge in [-0.15, -0.1) is 0 Å². The summed E-state index contributed by atoms with van der Waals surface area (Å²) in [6, 6.07) is 4.54. The number of aryl methyl sites for hydroxylation is 1. The van der Waals surface area contributed by atoms with E-state index in [0.717, 1.165) is 37.9 Å². The molecule has 3 rings (SSSR count). The summed E-state index contributed by atoms with van der Waals surface area (Å²) in [6.45, 7) is 9.31. The fourth-order valence-corrected chi connectivity index (χ4v) is 3.30. The minimum Gasteiger partial charge on any atom is -0.494 e. The quantitative estimate of drug-likeness (QED) is 0.900. The number of benzene rings is 1. The van der Waals surface area contributed by atoms with Crippen molar-refractivity contribution in [3.05, 3.63) is 29.0 Å². The Labute approximate surface area is 120 Å². The summed E-state index contributed by atoms with van der Waals surface area (Å²) in [5.74, 6) is 1.06. The van der Waals surface area contributed by atoms with Gasteiger partial charge in [0, 0.05) is 36.1 Å². The minimum absolute atomic E-state index is 0.467. The highest BCUT2D eigenvalue weighted by atomic mass is 16.3. The largest absolute Gasteiger partial charge is 0.494 e. The minimum atomic E-state index is 0.467. The van der Waals surface area contributed by atoms with Gasteiger partial charge in [0.15, 0.2) is 5.88 Å².